The maximum atomic E-state index is 13.0. The molecule has 0 unspecified atom stereocenters. The van der Waals surface area contributed by atoms with Crippen LogP contribution in [0.25, 0.3) is 0 Å². The largest absolute Gasteiger partial charge is 0.458 e. The van der Waals surface area contributed by atoms with E-state index >= 15 is 0 Å². The van der Waals surface area contributed by atoms with E-state index in [-0.39, 0.29) is 5.92 Å². The first-order valence-electron chi connectivity index (χ1n) is 12.0. The van der Waals surface area contributed by atoms with E-state index in [0.717, 1.165) is 0 Å². The number of nitrogens with two attached hydrogens (primary N) is 1. The number of nitrogens with one attached hydrogen (secondary N) is 4. The predicted octanol–water partition coefficient (Wildman–Crippen LogP) is 0.891. The second-order valence-corrected chi connectivity index (χ2v) is 12.6. The van der Waals surface area contributed by atoms with Crippen LogP contribution in [-0.4, -0.2) is 63.4 Å². The summed E-state index contributed by atoms with van der Waals surface area (Å²) < 4.78 is 5.36. The lowest BCUT2D eigenvalue weighted by Gasteiger charge is -2.36. The first-order chi connectivity index (χ1) is 15.7. The predicted molar refractivity (Wildman–Crippen MR) is 138 cm³/mol. The van der Waals surface area contributed by atoms with Crippen molar-refractivity contribution in [1.29, 1.82) is 0 Å². The topological polar surface area (TPSA) is 169 Å². The molecule has 36 heavy (non-hydrogen) atoms. The van der Waals surface area contributed by atoms with Gasteiger partial charge in [-0.3, -0.25) is 19.2 Å². The summed E-state index contributed by atoms with van der Waals surface area (Å²) in [6.45, 7) is 20.6. The maximum Gasteiger partial charge on any atom is 0.331 e. The fourth-order valence-electron chi connectivity index (χ4n) is 2.64. The van der Waals surface area contributed by atoms with Crippen molar-refractivity contribution >= 4 is 29.6 Å². The van der Waals surface area contributed by atoms with Gasteiger partial charge in [0, 0.05) is 0 Å². The minimum Gasteiger partial charge on any atom is -0.458 e. The van der Waals surface area contributed by atoms with Crippen LogP contribution in [0.1, 0.15) is 90.0 Å². The molecule has 0 bridgehead atoms. The van der Waals surface area contributed by atoms with E-state index < -0.39 is 63.4 Å². The van der Waals surface area contributed by atoms with Crippen molar-refractivity contribution < 1.29 is 28.7 Å². The molecular formula is C25H47N5O6. The number of hydrogen-bond donors (Lipinski definition) is 5. The lowest BCUT2D eigenvalue weighted by atomic mass is 9.95. The zero-order valence-electron chi connectivity index (χ0n) is 24.2. The molecule has 0 saturated heterocycles. The van der Waals surface area contributed by atoms with E-state index in [9.17, 15) is 24.0 Å². The van der Waals surface area contributed by atoms with E-state index in [1.807, 2.05) is 0 Å². The quantitative estimate of drug-likeness (QED) is 0.270. The van der Waals surface area contributed by atoms with Gasteiger partial charge in [0.15, 0.2) is 0 Å². The van der Waals surface area contributed by atoms with Gasteiger partial charge in [0.1, 0.15) is 27.8 Å². The summed E-state index contributed by atoms with van der Waals surface area (Å²) in [5, 5.41) is 10.4. The molecule has 11 heteroatoms. The van der Waals surface area contributed by atoms with Gasteiger partial charge in [-0.15, -0.1) is 0 Å². The molecule has 0 aromatic heterocycles. The molecule has 0 fully saturated rings. The van der Waals surface area contributed by atoms with Crippen molar-refractivity contribution in [2.75, 3.05) is 0 Å². The Bertz CT molecular complexity index is 869. The van der Waals surface area contributed by atoms with Crippen LogP contribution in [0.3, 0.4) is 0 Å². The Morgan fingerprint density at radius 2 is 0.889 bits per heavy atom. The molecule has 4 amide bonds. The van der Waals surface area contributed by atoms with Crippen LogP contribution in [0.2, 0.25) is 0 Å². The Kier molecular flexibility index (Phi) is 10.3. The van der Waals surface area contributed by atoms with Gasteiger partial charge in [0.25, 0.3) is 0 Å². The molecule has 0 spiro atoms. The summed E-state index contributed by atoms with van der Waals surface area (Å²) in [5.74, 6) is -3.12. The smallest absolute Gasteiger partial charge is 0.331 e. The van der Waals surface area contributed by atoms with Gasteiger partial charge in [-0.25, -0.2) is 4.79 Å². The van der Waals surface area contributed by atoms with Crippen LogP contribution in [0, 0.1) is 5.92 Å². The third kappa shape index (κ3) is 9.75. The highest BCUT2D eigenvalue weighted by molar-refractivity contribution is 5.99. The lowest BCUT2D eigenvalue weighted by molar-refractivity contribution is -0.163. The molecule has 0 aliphatic heterocycles. The normalized spacial score (nSPS) is 14.0. The van der Waals surface area contributed by atoms with Crippen LogP contribution in [-0.2, 0) is 28.7 Å². The second kappa shape index (κ2) is 11.1. The monoisotopic (exact) mass is 513 g/mol. The Hall–Kier alpha value is -2.69. The molecular weight excluding hydrogens is 466 g/mol. The summed E-state index contributed by atoms with van der Waals surface area (Å²) in [7, 11) is 0. The van der Waals surface area contributed by atoms with E-state index in [4.69, 9.17) is 10.5 Å². The molecule has 0 saturated carbocycles. The third-order valence-corrected chi connectivity index (χ3v) is 5.35. The Labute approximate surface area is 215 Å². The second-order valence-electron chi connectivity index (χ2n) is 12.6. The standard InChI is InChI=1S/C25H47N5O6/c1-14(2)15(26)16(31)27-22(6,7)17(32)28-23(8,9)18(33)29-24(10,11)19(34)30-25(12,13)20(35)36-21(3,4)5/h14-15H,26H2,1-13H3,(H,27,31)(H,28,32)(H,29,33)(H,30,34)/t15-/m0/s1. The van der Waals surface area contributed by atoms with Crippen LogP contribution in [0.4, 0.5) is 0 Å². The molecule has 208 valence electrons. The summed E-state index contributed by atoms with van der Waals surface area (Å²) in [6, 6.07) is -0.794. The summed E-state index contributed by atoms with van der Waals surface area (Å²) in [5.41, 5.74) is -0.473. The Balaban J connectivity index is 5.39. The van der Waals surface area contributed by atoms with E-state index in [0.29, 0.717) is 0 Å². The highest BCUT2D eigenvalue weighted by Crippen LogP contribution is 2.17. The van der Waals surface area contributed by atoms with Crippen molar-refractivity contribution in [3.63, 3.8) is 0 Å². The summed E-state index contributed by atoms with van der Waals surface area (Å²) in [6.07, 6.45) is 0. The number of carbonyl (C=O) groups is 5. The fourth-order valence-corrected chi connectivity index (χ4v) is 2.64. The minimum absolute atomic E-state index is 0.125. The van der Waals surface area contributed by atoms with Crippen molar-refractivity contribution in [2.45, 2.75) is 124 Å². The van der Waals surface area contributed by atoms with Crippen molar-refractivity contribution in [3.8, 4) is 0 Å². The highest BCUT2D eigenvalue weighted by Gasteiger charge is 2.43. The van der Waals surface area contributed by atoms with Crippen LogP contribution < -0.4 is 27.0 Å². The van der Waals surface area contributed by atoms with Gasteiger partial charge >= 0.3 is 5.97 Å². The SMILES string of the molecule is CC(C)[C@H](N)C(=O)NC(C)(C)C(=O)NC(C)(C)C(=O)NC(C)(C)C(=O)NC(C)(C)C(=O)OC(C)(C)C. The van der Waals surface area contributed by atoms with Gasteiger partial charge in [-0.1, -0.05) is 13.8 Å². The molecule has 0 radical (unpaired) electrons. The molecule has 1 atom stereocenters. The maximum absolute atomic E-state index is 13.0. The molecule has 0 aromatic carbocycles. The first-order valence-corrected chi connectivity index (χ1v) is 12.0. The third-order valence-electron chi connectivity index (χ3n) is 5.35. The van der Waals surface area contributed by atoms with Crippen molar-refractivity contribution in [3.05, 3.63) is 0 Å². The minimum atomic E-state index is -1.45. The molecule has 6 N–H and O–H groups in total. The van der Waals surface area contributed by atoms with Gasteiger partial charge in [-0.2, -0.15) is 0 Å². The van der Waals surface area contributed by atoms with Crippen LogP contribution in [0.5, 0.6) is 0 Å². The Morgan fingerprint density at radius 3 is 1.19 bits per heavy atom. The van der Waals surface area contributed by atoms with Crippen LogP contribution >= 0.6 is 0 Å². The summed E-state index contributed by atoms with van der Waals surface area (Å²) >= 11 is 0. The summed E-state index contributed by atoms with van der Waals surface area (Å²) in [4.78, 5) is 63.7. The number of carbonyl (C=O) groups excluding carboxylic acids is 5. The Morgan fingerprint density at radius 1 is 0.583 bits per heavy atom. The number of esters is 1. The number of ether oxygens (including phenoxy) is 1. The molecule has 0 aliphatic rings. The zero-order chi connectivity index (χ0) is 29.1. The number of hydrogen-bond acceptors (Lipinski definition) is 7. The molecule has 0 heterocycles. The first kappa shape index (κ1) is 33.3. The zero-order valence-corrected chi connectivity index (χ0v) is 24.2. The average Bonchev–Trinajstić information content (AvgIpc) is 2.64. The number of amides is 4. The molecule has 0 rings (SSSR count). The van der Waals surface area contributed by atoms with Crippen LogP contribution in [0.15, 0.2) is 0 Å². The van der Waals surface area contributed by atoms with Gasteiger partial charge in [-0.05, 0) is 82.1 Å². The van der Waals surface area contributed by atoms with Crippen molar-refractivity contribution in [2.24, 2.45) is 11.7 Å². The molecule has 11 nitrogen and oxygen atoms in total. The van der Waals surface area contributed by atoms with Gasteiger partial charge < -0.3 is 31.7 Å². The fraction of sp³-hybridized carbons (Fsp3) is 0.800. The molecule has 0 aliphatic carbocycles. The van der Waals surface area contributed by atoms with Crippen molar-refractivity contribution in [1.82, 2.24) is 21.3 Å². The van der Waals surface area contributed by atoms with E-state index in [2.05, 4.69) is 21.3 Å². The molecule has 0 aromatic rings. The van der Waals surface area contributed by atoms with Gasteiger partial charge in [0.2, 0.25) is 23.6 Å². The lowest BCUT2D eigenvalue weighted by Crippen LogP contribution is -2.67. The number of rotatable bonds is 10. The van der Waals surface area contributed by atoms with E-state index in [1.165, 1.54) is 55.4 Å². The van der Waals surface area contributed by atoms with E-state index in [1.54, 1.807) is 34.6 Å². The van der Waals surface area contributed by atoms with Gasteiger partial charge in [0.05, 0.1) is 6.04 Å². The highest BCUT2D eigenvalue weighted by atomic mass is 16.6. The average molecular weight is 514 g/mol.